The number of benzene rings is 3. The second kappa shape index (κ2) is 10.3. The summed E-state index contributed by atoms with van der Waals surface area (Å²) in [6.45, 7) is 2.62. The van der Waals surface area contributed by atoms with E-state index < -0.39 is 0 Å². The molecule has 29 heavy (non-hydrogen) atoms. The van der Waals surface area contributed by atoms with E-state index in [4.69, 9.17) is 11.2 Å². The molecule has 3 aromatic carbocycles. The molecule has 0 spiro atoms. The van der Waals surface area contributed by atoms with Gasteiger partial charge >= 0.3 is 0 Å². The minimum atomic E-state index is -0.256. The molecule has 0 aliphatic heterocycles. The molecule has 148 valence electrons. The molecule has 1 atom stereocenters. The third-order valence-electron chi connectivity index (χ3n) is 4.84. The van der Waals surface area contributed by atoms with Crippen LogP contribution in [0.5, 0.6) is 5.75 Å². The first-order valence-corrected chi connectivity index (χ1v) is 9.99. The van der Waals surface area contributed by atoms with Gasteiger partial charge in [-0.2, -0.15) is 0 Å². The summed E-state index contributed by atoms with van der Waals surface area (Å²) in [6.07, 6.45) is 8.42. The standard InChI is InChI=1S/C26H26FNO/c1-3-21(22-14-16-24(17-15-22)29-4-2)10-8-9-20-13-18-25(27)26(19-20)28-23-11-6-5-7-12-23/h1,5-7,11-19,21,28H,4,8-10H2,2H3. The Morgan fingerprint density at radius 2 is 1.79 bits per heavy atom. The molecule has 0 fully saturated rings. The highest BCUT2D eigenvalue weighted by atomic mass is 19.1. The van der Waals surface area contributed by atoms with Crippen molar-refractivity contribution < 1.29 is 9.13 Å². The average Bonchev–Trinajstić information content (AvgIpc) is 2.75. The number of para-hydroxylation sites is 1. The fourth-order valence-electron chi connectivity index (χ4n) is 3.32. The van der Waals surface area contributed by atoms with Gasteiger partial charge in [0.1, 0.15) is 11.6 Å². The Kier molecular flexibility index (Phi) is 7.30. The first-order chi connectivity index (χ1) is 14.2. The second-order valence-electron chi connectivity index (χ2n) is 6.92. The summed E-state index contributed by atoms with van der Waals surface area (Å²) in [7, 11) is 0. The molecular weight excluding hydrogens is 361 g/mol. The number of ether oxygens (including phenoxy) is 1. The van der Waals surface area contributed by atoms with Crippen molar-refractivity contribution >= 4 is 11.4 Å². The lowest BCUT2D eigenvalue weighted by Crippen LogP contribution is -1.99. The van der Waals surface area contributed by atoms with Crippen molar-refractivity contribution in [1.82, 2.24) is 0 Å². The number of nitrogens with one attached hydrogen (secondary N) is 1. The highest BCUT2D eigenvalue weighted by Gasteiger charge is 2.10. The van der Waals surface area contributed by atoms with Crippen LogP contribution in [0.1, 0.15) is 36.8 Å². The number of hydrogen-bond acceptors (Lipinski definition) is 2. The predicted octanol–water partition coefficient (Wildman–Crippen LogP) is 6.71. The summed E-state index contributed by atoms with van der Waals surface area (Å²) in [5.74, 6) is 3.56. The van der Waals surface area contributed by atoms with E-state index in [9.17, 15) is 4.39 Å². The van der Waals surface area contributed by atoms with Crippen molar-refractivity contribution in [1.29, 1.82) is 0 Å². The van der Waals surface area contributed by atoms with Crippen LogP contribution < -0.4 is 10.1 Å². The fraction of sp³-hybridized carbons (Fsp3) is 0.231. The molecule has 0 saturated heterocycles. The van der Waals surface area contributed by atoms with E-state index in [1.165, 1.54) is 6.07 Å². The SMILES string of the molecule is C#CC(CCCc1ccc(F)c(Nc2ccccc2)c1)c1ccc(OCC)cc1. The highest BCUT2D eigenvalue weighted by molar-refractivity contribution is 5.60. The van der Waals surface area contributed by atoms with Crippen LogP contribution in [0, 0.1) is 18.2 Å². The summed E-state index contributed by atoms with van der Waals surface area (Å²) in [6, 6.07) is 22.9. The van der Waals surface area contributed by atoms with Crippen molar-refractivity contribution in [3.8, 4) is 18.1 Å². The van der Waals surface area contributed by atoms with Crippen LogP contribution in [-0.4, -0.2) is 6.61 Å². The Bertz CT molecular complexity index is 945. The fourth-order valence-corrected chi connectivity index (χ4v) is 3.32. The van der Waals surface area contributed by atoms with Crippen LogP contribution in [0.4, 0.5) is 15.8 Å². The number of aryl methyl sites for hydroxylation is 1. The normalized spacial score (nSPS) is 11.5. The zero-order chi connectivity index (χ0) is 20.5. The van der Waals surface area contributed by atoms with Gasteiger partial charge in [0.15, 0.2) is 0 Å². The average molecular weight is 387 g/mol. The van der Waals surface area contributed by atoms with E-state index >= 15 is 0 Å². The third-order valence-corrected chi connectivity index (χ3v) is 4.84. The molecule has 2 nitrogen and oxygen atoms in total. The molecule has 1 N–H and O–H groups in total. The van der Waals surface area contributed by atoms with Gasteiger partial charge in [-0.3, -0.25) is 0 Å². The van der Waals surface area contributed by atoms with Crippen molar-refractivity contribution in [2.45, 2.75) is 32.1 Å². The molecule has 0 aliphatic carbocycles. The quantitative estimate of drug-likeness (QED) is 0.412. The zero-order valence-corrected chi connectivity index (χ0v) is 16.7. The van der Waals surface area contributed by atoms with Gasteiger partial charge in [-0.25, -0.2) is 4.39 Å². The molecule has 0 bridgehead atoms. The Balaban J connectivity index is 1.59. The minimum Gasteiger partial charge on any atom is -0.494 e. The van der Waals surface area contributed by atoms with Crippen LogP contribution in [0.3, 0.4) is 0 Å². The van der Waals surface area contributed by atoms with Crippen LogP contribution in [0.2, 0.25) is 0 Å². The first kappa shape index (κ1) is 20.5. The number of halogens is 1. The Morgan fingerprint density at radius 3 is 2.48 bits per heavy atom. The lowest BCUT2D eigenvalue weighted by atomic mass is 9.93. The lowest BCUT2D eigenvalue weighted by Gasteiger charge is -2.13. The molecule has 0 heterocycles. The van der Waals surface area contributed by atoms with Gasteiger partial charge in [0.2, 0.25) is 0 Å². The number of anilines is 2. The maximum Gasteiger partial charge on any atom is 0.146 e. The minimum absolute atomic E-state index is 0.0630. The summed E-state index contributed by atoms with van der Waals surface area (Å²) in [5, 5.41) is 3.15. The van der Waals surface area contributed by atoms with E-state index in [1.807, 2.05) is 73.7 Å². The Hall–Kier alpha value is -3.25. The van der Waals surface area contributed by atoms with E-state index in [-0.39, 0.29) is 11.7 Å². The summed E-state index contributed by atoms with van der Waals surface area (Å²) < 4.78 is 19.7. The highest BCUT2D eigenvalue weighted by Crippen LogP contribution is 2.26. The van der Waals surface area contributed by atoms with Gasteiger partial charge in [0, 0.05) is 11.6 Å². The molecule has 3 aromatic rings. The zero-order valence-electron chi connectivity index (χ0n) is 16.7. The summed E-state index contributed by atoms with van der Waals surface area (Å²) >= 11 is 0. The Morgan fingerprint density at radius 1 is 1.03 bits per heavy atom. The van der Waals surface area contributed by atoms with Gasteiger partial charge in [-0.05, 0) is 73.7 Å². The van der Waals surface area contributed by atoms with Crippen molar-refractivity contribution in [3.05, 3.63) is 89.7 Å². The molecule has 0 aromatic heterocycles. The predicted molar refractivity (Wildman–Crippen MR) is 118 cm³/mol. The maximum absolute atomic E-state index is 14.2. The van der Waals surface area contributed by atoms with Gasteiger partial charge in [-0.15, -0.1) is 6.42 Å². The molecule has 0 radical (unpaired) electrons. The van der Waals surface area contributed by atoms with Crippen molar-refractivity contribution in [2.75, 3.05) is 11.9 Å². The molecule has 0 saturated carbocycles. The Labute approximate surface area is 172 Å². The molecule has 0 aliphatic rings. The largest absolute Gasteiger partial charge is 0.494 e. The van der Waals surface area contributed by atoms with Gasteiger partial charge in [0.25, 0.3) is 0 Å². The maximum atomic E-state index is 14.2. The van der Waals surface area contributed by atoms with Crippen molar-refractivity contribution in [2.24, 2.45) is 0 Å². The molecule has 3 heteroatoms. The third kappa shape index (κ3) is 5.86. The molecular formula is C26H26FNO. The topological polar surface area (TPSA) is 21.3 Å². The van der Waals surface area contributed by atoms with Gasteiger partial charge in [-0.1, -0.05) is 42.3 Å². The smallest absolute Gasteiger partial charge is 0.146 e. The monoisotopic (exact) mass is 387 g/mol. The van der Waals surface area contributed by atoms with Gasteiger partial charge in [0.05, 0.1) is 12.3 Å². The van der Waals surface area contributed by atoms with Crippen molar-refractivity contribution in [3.63, 3.8) is 0 Å². The second-order valence-corrected chi connectivity index (χ2v) is 6.92. The summed E-state index contributed by atoms with van der Waals surface area (Å²) in [5.41, 5.74) is 3.58. The molecule has 0 amide bonds. The van der Waals surface area contributed by atoms with E-state index in [2.05, 4.69) is 11.2 Å². The van der Waals surface area contributed by atoms with E-state index in [0.29, 0.717) is 12.3 Å². The number of terminal acetylenes is 1. The van der Waals surface area contributed by atoms with Crippen LogP contribution in [0.15, 0.2) is 72.8 Å². The van der Waals surface area contributed by atoms with Crippen LogP contribution in [0.25, 0.3) is 0 Å². The lowest BCUT2D eigenvalue weighted by molar-refractivity contribution is 0.340. The first-order valence-electron chi connectivity index (χ1n) is 9.99. The molecule has 3 rings (SSSR count). The van der Waals surface area contributed by atoms with E-state index in [0.717, 1.165) is 41.8 Å². The van der Waals surface area contributed by atoms with E-state index in [1.54, 1.807) is 0 Å². The number of hydrogen-bond donors (Lipinski definition) is 1. The van der Waals surface area contributed by atoms with Crippen LogP contribution in [-0.2, 0) is 6.42 Å². The van der Waals surface area contributed by atoms with Gasteiger partial charge < -0.3 is 10.1 Å². The summed E-state index contributed by atoms with van der Waals surface area (Å²) in [4.78, 5) is 0. The number of rotatable bonds is 9. The van der Waals surface area contributed by atoms with Crippen LogP contribution >= 0.6 is 0 Å². The molecule has 1 unspecified atom stereocenters.